The highest BCUT2D eigenvalue weighted by Crippen LogP contribution is 2.31. The van der Waals surface area contributed by atoms with Gasteiger partial charge in [-0.3, -0.25) is 4.68 Å². The van der Waals surface area contributed by atoms with Gasteiger partial charge in [0.25, 0.3) is 0 Å². The minimum atomic E-state index is -1.01. The van der Waals surface area contributed by atoms with Crippen molar-refractivity contribution in [2.45, 2.75) is 16.7 Å². The standard InChI is InChI=1S/C12H13N3O2S/c1-7-3-8(4-10(11(7)13)12(16)17)18-9-5-14-15(2)6-9/h3-6H,13H2,1-2H3,(H,16,17). The van der Waals surface area contributed by atoms with Gasteiger partial charge in [0.1, 0.15) is 0 Å². The van der Waals surface area contributed by atoms with Crippen LogP contribution in [0.4, 0.5) is 5.69 Å². The van der Waals surface area contributed by atoms with E-state index in [4.69, 9.17) is 10.8 Å². The van der Waals surface area contributed by atoms with Crippen LogP contribution in [-0.2, 0) is 7.05 Å². The molecule has 1 aromatic carbocycles. The fraction of sp³-hybridized carbons (Fsp3) is 0.167. The first-order chi connectivity index (χ1) is 8.47. The number of nitrogens with two attached hydrogens (primary N) is 1. The smallest absolute Gasteiger partial charge is 0.337 e. The Labute approximate surface area is 109 Å². The van der Waals surface area contributed by atoms with Crippen LogP contribution in [0.25, 0.3) is 0 Å². The summed E-state index contributed by atoms with van der Waals surface area (Å²) in [6.45, 7) is 1.80. The molecule has 18 heavy (non-hydrogen) atoms. The fourth-order valence-electron chi connectivity index (χ4n) is 1.59. The van der Waals surface area contributed by atoms with Crippen LogP contribution in [0.5, 0.6) is 0 Å². The van der Waals surface area contributed by atoms with E-state index in [1.807, 2.05) is 19.3 Å². The SMILES string of the molecule is Cc1cc(Sc2cnn(C)c2)cc(C(=O)O)c1N. The van der Waals surface area contributed by atoms with E-state index in [-0.39, 0.29) is 5.56 Å². The second kappa shape index (κ2) is 4.73. The molecule has 0 aliphatic heterocycles. The van der Waals surface area contributed by atoms with Crippen LogP contribution >= 0.6 is 11.8 Å². The minimum Gasteiger partial charge on any atom is -0.478 e. The van der Waals surface area contributed by atoms with Crippen LogP contribution in [0, 0.1) is 6.92 Å². The molecule has 0 aliphatic rings. The number of aryl methyl sites for hydroxylation is 2. The number of rotatable bonds is 3. The summed E-state index contributed by atoms with van der Waals surface area (Å²) in [6.07, 6.45) is 3.60. The first kappa shape index (κ1) is 12.5. The maximum Gasteiger partial charge on any atom is 0.337 e. The van der Waals surface area contributed by atoms with E-state index in [2.05, 4.69) is 5.10 Å². The predicted molar refractivity (Wildman–Crippen MR) is 69.9 cm³/mol. The van der Waals surface area contributed by atoms with E-state index in [9.17, 15) is 4.79 Å². The van der Waals surface area contributed by atoms with Gasteiger partial charge in [0.05, 0.1) is 16.7 Å². The lowest BCUT2D eigenvalue weighted by atomic mass is 10.1. The van der Waals surface area contributed by atoms with Crippen molar-refractivity contribution in [2.75, 3.05) is 5.73 Å². The maximum atomic E-state index is 11.1. The Morgan fingerprint density at radius 2 is 2.17 bits per heavy atom. The fourth-order valence-corrected chi connectivity index (χ4v) is 2.58. The predicted octanol–water partition coefficient (Wildman–Crippen LogP) is 2.16. The van der Waals surface area contributed by atoms with Gasteiger partial charge in [0.15, 0.2) is 0 Å². The number of carbonyl (C=O) groups is 1. The molecule has 0 radical (unpaired) electrons. The van der Waals surface area contributed by atoms with E-state index >= 15 is 0 Å². The van der Waals surface area contributed by atoms with Crippen LogP contribution in [0.15, 0.2) is 34.3 Å². The zero-order chi connectivity index (χ0) is 13.3. The third kappa shape index (κ3) is 2.48. The number of hydrogen-bond donors (Lipinski definition) is 2. The Hall–Kier alpha value is -1.95. The number of benzene rings is 1. The Kier molecular flexibility index (Phi) is 3.29. The quantitative estimate of drug-likeness (QED) is 0.829. The summed E-state index contributed by atoms with van der Waals surface area (Å²) in [5.41, 5.74) is 6.97. The molecule has 2 rings (SSSR count). The zero-order valence-electron chi connectivity index (χ0n) is 10.0. The molecule has 3 N–H and O–H groups in total. The molecular weight excluding hydrogens is 250 g/mol. The van der Waals surface area contributed by atoms with Crippen LogP contribution < -0.4 is 5.73 Å². The number of carboxylic acid groups (broad SMARTS) is 1. The summed E-state index contributed by atoms with van der Waals surface area (Å²) >= 11 is 1.46. The second-order valence-corrected chi connectivity index (χ2v) is 5.11. The molecule has 0 saturated heterocycles. The molecule has 6 heteroatoms. The molecule has 94 valence electrons. The third-order valence-electron chi connectivity index (χ3n) is 2.51. The molecule has 5 nitrogen and oxygen atoms in total. The first-order valence-corrected chi connectivity index (χ1v) is 6.09. The van der Waals surface area contributed by atoms with E-state index in [0.717, 1.165) is 15.4 Å². The number of anilines is 1. The zero-order valence-corrected chi connectivity index (χ0v) is 10.9. The first-order valence-electron chi connectivity index (χ1n) is 5.27. The summed E-state index contributed by atoms with van der Waals surface area (Å²) < 4.78 is 1.70. The largest absolute Gasteiger partial charge is 0.478 e. The van der Waals surface area contributed by atoms with E-state index in [1.54, 1.807) is 23.9 Å². The summed E-state index contributed by atoms with van der Waals surface area (Å²) in [7, 11) is 1.83. The number of carboxylic acids is 1. The summed E-state index contributed by atoms with van der Waals surface area (Å²) in [5, 5.41) is 13.1. The summed E-state index contributed by atoms with van der Waals surface area (Å²) in [6, 6.07) is 3.46. The average Bonchev–Trinajstić information content (AvgIpc) is 2.68. The molecule has 0 unspecified atom stereocenters. The van der Waals surface area contributed by atoms with Crippen molar-refractivity contribution in [3.05, 3.63) is 35.7 Å². The second-order valence-electron chi connectivity index (χ2n) is 3.96. The van der Waals surface area contributed by atoms with Gasteiger partial charge < -0.3 is 10.8 Å². The van der Waals surface area contributed by atoms with Gasteiger partial charge in [-0.2, -0.15) is 5.10 Å². The van der Waals surface area contributed by atoms with Crippen molar-refractivity contribution >= 4 is 23.4 Å². The van der Waals surface area contributed by atoms with Crippen molar-refractivity contribution in [3.63, 3.8) is 0 Å². The van der Waals surface area contributed by atoms with Crippen molar-refractivity contribution < 1.29 is 9.90 Å². The van der Waals surface area contributed by atoms with Crippen molar-refractivity contribution in [2.24, 2.45) is 7.05 Å². The van der Waals surface area contributed by atoms with Gasteiger partial charge >= 0.3 is 5.97 Å². The molecular formula is C12H13N3O2S. The molecule has 2 aromatic rings. The van der Waals surface area contributed by atoms with Gasteiger partial charge in [0.2, 0.25) is 0 Å². The lowest BCUT2D eigenvalue weighted by Crippen LogP contribution is -2.04. The highest BCUT2D eigenvalue weighted by molar-refractivity contribution is 7.99. The van der Waals surface area contributed by atoms with Gasteiger partial charge in [-0.15, -0.1) is 0 Å². The van der Waals surface area contributed by atoms with Crippen LogP contribution in [-0.4, -0.2) is 20.9 Å². The van der Waals surface area contributed by atoms with Gasteiger partial charge in [-0.05, 0) is 24.6 Å². The van der Waals surface area contributed by atoms with E-state index < -0.39 is 5.97 Å². The summed E-state index contributed by atoms with van der Waals surface area (Å²) in [5.74, 6) is -1.01. The van der Waals surface area contributed by atoms with Crippen LogP contribution in [0.2, 0.25) is 0 Å². The highest BCUT2D eigenvalue weighted by Gasteiger charge is 2.12. The highest BCUT2D eigenvalue weighted by atomic mass is 32.2. The Morgan fingerprint density at radius 1 is 1.44 bits per heavy atom. The Bertz CT molecular complexity index is 607. The van der Waals surface area contributed by atoms with E-state index in [1.165, 1.54) is 11.8 Å². The molecule has 0 aliphatic carbocycles. The average molecular weight is 263 g/mol. The molecule has 0 saturated carbocycles. The van der Waals surface area contributed by atoms with E-state index in [0.29, 0.717) is 5.69 Å². The Balaban J connectivity index is 2.37. The van der Waals surface area contributed by atoms with Crippen molar-refractivity contribution in [1.82, 2.24) is 9.78 Å². The molecule has 0 bridgehead atoms. The molecule has 1 aromatic heterocycles. The van der Waals surface area contributed by atoms with Crippen LogP contribution in [0.3, 0.4) is 0 Å². The number of aromatic nitrogens is 2. The summed E-state index contributed by atoms with van der Waals surface area (Å²) in [4.78, 5) is 12.9. The molecule has 0 atom stereocenters. The minimum absolute atomic E-state index is 0.140. The number of hydrogen-bond acceptors (Lipinski definition) is 4. The lowest BCUT2D eigenvalue weighted by Gasteiger charge is -2.07. The number of nitrogen functional groups attached to an aromatic ring is 1. The van der Waals surface area contributed by atoms with Gasteiger partial charge in [-0.25, -0.2) is 4.79 Å². The molecule has 1 heterocycles. The molecule has 0 amide bonds. The molecule has 0 fully saturated rings. The Morgan fingerprint density at radius 3 is 2.72 bits per heavy atom. The van der Waals surface area contributed by atoms with Crippen molar-refractivity contribution in [3.8, 4) is 0 Å². The van der Waals surface area contributed by atoms with Crippen LogP contribution in [0.1, 0.15) is 15.9 Å². The maximum absolute atomic E-state index is 11.1. The normalized spacial score (nSPS) is 10.6. The number of nitrogens with zero attached hydrogens (tertiary/aromatic N) is 2. The number of aromatic carboxylic acids is 1. The lowest BCUT2D eigenvalue weighted by molar-refractivity contribution is 0.0697. The third-order valence-corrected chi connectivity index (χ3v) is 3.43. The van der Waals surface area contributed by atoms with Gasteiger partial charge in [-0.1, -0.05) is 11.8 Å². The van der Waals surface area contributed by atoms with Crippen molar-refractivity contribution in [1.29, 1.82) is 0 Å². The monoisotopic (exact) mass is 263 g/mol. The topological polar surface area (TPSA) is 81.1 Å². The molecule has 0 spiro atoms. The van der Waals surface area contributed by atoms with Gasteiger partial charge in [0, 0.05) is 23.8 Å².